The summed E-state index contributed by atoms with van der Waals surface area (Å²) in [5.41, 5.74) is 0.0696. The van der Waals surface area contributed by atoms with Gasteiger partial charge in [0.2, 0.25) is 5.91 Å². The first-order valence-corrected chi connectivity index (χ1v) is 9.00. The van der Waals surface area contributed by atoms with Crippen LogP contribution in [0.25, 0.3) is 0 Å². The fourth-order valence-corrected chi connectivity index (χ4v) is 3.60. The molecule has 1 saturated carbocycles. The molecule has 1 aliphatic carbocycles. The number of likely N-dealkylation sites (tertiary alicyclic amines) is 1. The van der Waals surface area contributed by atoms with E-state index in [0.29, 0.717) is 30.9 Å². The Balaban J connectivity index is 1.36. The van der Waals surface area contributed by atoms with Crippen LogP contribution in [0.3, 0.4) is 0 Å². The summed E-state index contributed by atoms with van der Waals surface area (Å²) < 4.78 is 5.75. The minimum absolute atomic E-state index is 0.0696. The average molecular weight is 347 g/mol. The van der Waals surface area contributed by atoms with E-state index < -0.39 is 4.92 Å². The number of nitro benzene ring substituents is 1. The molecular weight excluding hydrogens is 322 g/mol. The highest BCUT2D eigenvalue weighted by Crippen LogP contribution is 2.27. The van der Waals surface area contributed by atoms with Gasteiger partial charge in [0.1, 0.15) is 5.75 Å². The van der Waals surface area contributed by atoms with E-state index in [1.54, 1.807) is 12.1 Å². The summed E-state index contributed by atoms with van der Waals surface area (Å²) in [6.07, 6.45) is 5.37. The Labute approximate surface area is 147 Å². The van der Waals surface area contributed by atoms with E-state index in [1.807, 2.05) is 4.90 Å². The molecule has 7 heteroatoms. The number of non-ortho nitro benzene ring substituents is 1. The average Bonchev–Trinajstić information content (AvgIpc) is 3.30. The zero-order valence-corrected chi connectivity index (χ0v) is 14.4. The SMILES string of the molecule is O=C(CNC1CCC(COc2ccc([N+](=O)[O-])cc2)C1)N1CCCC1. The molecule has 1 heterocycles. The molecule has 1 amide bonds. The molecular formula is C18H25N3O4. The predicted molar refractivity (Wildman–Crippen MR) is 93.5 cm³/mol. The first-order valence-electron chi connectivity index (χ1n) is 9.00. The molecule has 2 aliphatic rings. The van der Waals surface area contributed by atoms with E-state index in [-0.39, 0.29) is 11.6 Å². The smallest absolute Gasteiger partial charge is 0.269 e. The maximum atomic E-state index is 12.1. The first kappa shape index (κ1) is 17.7. The third kappa shape index (κ3) is 4.92. The fourth-order valence-electron chi connectivity index (χ4n) is 3.60. The Morgan fingerprint density at radius 1 is 1.24 bits per heavy atom. The molecule has 2 fully saturated rings. The van der Waals surface area contributed by atoms with Gasteiger partial charge in [0.25, 0.3) is 5.69 Å². The van der Waals surface area contributed by atoms with Crippen LogP contribution in [0.15, 0.2) is 24.3 Å². The van der Waals surface area contributed by atoms with E-state index in [4.69, 9.17) is 4.74 Å². The Morgan fingerprint density at radius 3 is 2.64 bits per heavy atom. The van der Waals surface area contributed by atoms with Crippen molar-refractivity contribution in [3.63, 3.8) is 0 Å². The van der Waals surface area contributed by atoms with Crippen LogP contribution in [0.1, 0.15) is 32.1 Å². The number of hydrogen-bond donors (Lipinski definition) is 1. The number of rotatable bonds is 7. The monoisotopic (exact) mass is 347 g/mol. The van der Waals surface area contributed by atoms with Crippen molar-refractivity contribution in [2.24, 2.45) is 5.92 Å². The van der Waals surface area contributed by atoms with Crippen LogP contribution in [0, 0.1) is 16.0 Å². The molecule has 136 valence electrons. The third-order valence-corrected chi connectivity index (χ3v) is 5.08. The van der Waals surface area contributed by atoms with Crippen LogP contribution < -0.4 is 10.1 Å². The fraction of sp³-hybridized carbons (Fsp3) is 0.611. The third-order valence-electron chi connectivity index (χ3n) is 5.08. The molecule has 0 radical (unpaired) electrons. The van der Waals surface area contributed by atoms with Gasteiger partial charge in [-0.3, -0.25) is 14.9 Å². The van der Waals surface area contributed by atoms with Crippen LogP contribution in [-0.2, 0) is 4.79 Å². The molecule has 1 aromatic rings. The van der Waals surface area contributed by atoms with Crippen LogP contribution in [0.4, 0.5) is 5.69 Å². The van der Waals surface area contributed by atoms with Crippen molar-refractivity contribution in [1.82, 2.24) is 10.2 Å². The molecule has 2 atom stereocenters. The van der Waals surface area contributed by atoms with E-state index in [2.05, 4.69) is 5.32 Å². The molecule has 1 aromatic carbocycles. The van der Waals surface area contributed by atoms with Crippen LogP contribution >= 0.6 is 0 Å². The van der Waals surface area contributed by atoms with Crippen molar-refractivity contribution in [3.8, 4) is 5.75 Å². The summed E-state index contributed by atoms with van der Waals surface area (Å²) in [6, 6.07) is 6.56. The minimum Gasteiger partial charge on any atom is -0.493 e. The topological polar surface area (TPSA) is 84.7 Å². The first-order chi connectivity index (χ1) is 12.1. The predicted octanol–water partition coefficient (Wildman–Crippen LogP) is 2.35. The molecule has 0 spiro atoms. The van der Waals surface area contributed by atoms with Crippen molar-refractivity contribution in [1.29, 1.82) is 0 Å². The van der Waals surface area contributed by atoms with Crippen molar-refractivity contribution in [2.75, 3.05) is 26.2 Å². The minimum atomic E-state index is -0.416. The highest BCUT2D eigenvalue weighted by atomic mass is 16.6. The molecule has 2 unspecified atom stereocenters. The van der Waals surface area contributed by atoms with Crippen molar-refractivity contribution >= 4 is 11.6 Å². The lowest BCUT2D eigenvalue weighted by Crippen LogP contribution is -2.39. The largest absolute Gasteiger partial charge is 0.493 e. The number of nitro groups is 1. The quantitative estimate of drug-likeness (QED) is 0.604. The molecule has 1 saturated heterocycles. The molecule has 0 aromatic heterocycles. The molecule has 7 nitrogen and oxygen atoms in total. The number of hydrogen-bond acceptors (Lipinski definition) is 5. The number of benzene rings is 1. The normalized spacial score (nSPS) is 23.0. The Kier molecular flexibility index (Phi) is 5.86. The van der Waals surface area contributed by atoms with Gasteiger partial charge in [-0.1, -0.05) is 0 Å². The summed E-state index contributed by atoms with van der Waals surface area (Å²) in [7, 11) is 0. The second-order valence-corrected chi connectivity index (χ2v) is 6.91. The molecule has 0 bridgehead atoms. The number of carbonyl (C=O) groups is 1. The Bertz CT molecular complexity index is 599. The number of ether oxygens (including phenoxy) is 1. The van der Waals surface area contributed by atoms with E-state index in [1.165, 1.54) is 12.1 Å². The maximum Gasteiger partial charge on any atom is 0.269 e. The van der Waals surface area contributed by atoms with Crippen LogP contribution in [0.2, 0.25) is 0 Å². The Hall–Kier alpha value is -2.15. The number of amides is 1. The van der Waals surface area contributed by atoms with Crippen molar-refractivity contribution < 1.29 is 14.5 Å². The highest BCUT2D eigenvalue weighted by molar-refractivity contribution is 5.78. The van der Waals surface area contributed by atoms with Gasteiger partial charge >= 0.3 is 0 Å². The molecule has 1 aliphatic heterocycles. The van der Waals surface area contributed by atoms with Gasteiger partial charge in [-0.25, -0.2) is 0 Å². The van der Waals surface area contributed by atoms with Crippen molar-refractivity contribution in [3.05, 3.63) is 34.4 Å². The molecule has 3 rings (SSSR count). The van der Waals surface area contributed by atoms with E-state index >= 15 is 0 Å². The van der Waals surface area contributed by atoms with Gasteiger partial charge in [-0.2, -0.15) is 0 Å². The van der Waals surface area contributed by atoms with Gasteiger partial charge in [0.05, 0.1) is 18.1 Å². The van der Waals surface area contributed by atoms with Gasteiger partial charge in [0.15, 0.2) is 0 Å². The maximum absolute atomic E-state index is 12.1. The van der Waals surface area contributed by atoms with Crippen LogP contribution in [0.5, 0.6) is 5.75 Å². The van der Waals surface area contributed by atoms with E-state index in [9.17, 15) is 14.9 Å². The summed E-state index contributed by atoms with van der Waals surface area (Å²) in [6.45, 7) is 2.84. The summed E-state index contributed by atoms with van der Waals surface area (Å²) >= 11 is 0. The lowest BCUT2D eigenvalue weighted by molar-refractivity contribution is -0.384. The number of nitrogens with zero attached hydrogens (tertiary/aromatic N) is 2. The Morgan fingerprint density at radius 2 is 1.96 bits per heavy atom. The highest BCUT2D eigenvalue weighted by Gasteiger charge is 2.26. The van der Waals surface area contributed by atoms with Crippen molar-refractivity contribution in [2.45, 2.75) is 38.1 Å². The second kappa shape index (κ2) is 8.29. The van der Waals surface area contributed by atoms with Crippen LogP contribution in [-0.4, -0.2) is 48.0 Å². The zero-order chi connectivity index (χ0) is 17.6. The zero-order valence-electron chi connectivity index (χ0n) is 14.4. The lowest BCUT2D eigenvalue weighted by Gasteiger charge is -2.18. The second-order valence-electron chi connectivity index (χ2n) is 6.91. The number of nitrogens with one attached hydrogen (secondary N) is 1. The van der Waals surface area contributed by atoms with Gasteiger partial charge in [0, 0.05) is 31.3 Å². The van der Waals surface area contributed by atoms with Gasteiger partial charge in [-0.05, 0) is 50.2 Å². The number of carbonyl (C=O) groups excluding carboxylic acids is 1. The standard InChI is InChI=1S/C18H25N3O4/c22-18(20-9-1-2-10-20)12-19-15-4-3-14(11-15)13-25-17-7-5-16(6-8-17)21(23)24/h5-8,14-15,19H,1-4,9-13H2. The summed E-state index contributed by atoms with van der Waals surface area (Å²) in [5.74, 6) is 1.32. The summed E-state index contributed by atoms with van der Waals surface area (Å²) in [4.78, 5) is 24.2. The summed E-state index contributed by atoms with van der Waals surface area (Å²) in [5, 5.41) is 14.0. The molecule has 1 N–H and O–H groups in total. The molecule has 25 heavy (non-hydrogen) atoms. The lowest BCUT2D eigenvalue weighted by atomic mass is 10.1. The van der Waals surface area contributed by atoms with Gasteiger partial charge in [-0.15, -0.1) is 0 Å². The van der Waals surface area contributed by atoms with E-state index in [0.717, 1.165) is 45.2 Å². The van der Waals surface area contributed by atoms with Gasteiger partial charge < -0.3 is 15.0 Å².